The van der Waals surface area contributed by atoms with E-state index in [1.807, 2.05) is 31.0 Å². The lowest BCUT2D eigenvalue weighted by molar-refractivity contribution is 0.414. The average Bonchev–Trinajstić information content (AvgIpc) is 2.21. The first-order chi connectivity index (χ1) is 7.10. The summed E-state index contributed by atoms with van der Waals surface area (Å²) in [6, 6.07) is 5.77. The lowest BCUT2D eigenvalue weighted by Crippen LogP contribution is -2.18. The maximum Gasteiger partial charge on any atom is 0.137 e. The van der Waals surface area contributed by atoms with Gasteiger partial charge in [-0.3, -0.25) is 0 Å². The summed E-state index contributed by atoms with van der Waals surface area (Å²) in [6.07, 6.45) is 0. The Kier molecular flexibility index (Phi) is 3.81. The summed E-state index contributed by atoms with van der Waals surface area (Å²) in [5.41, 5.74) is 1.98. The Bertz CT molecular complexity index is 398. The lowest BCUT2D eigenvalue weighted by Gasteiger charge is -2.19. The molecule has 0 spiro atoms. The molecule has 3 nitrogen and oxygen atoms in total. The minimum absolute atomic E-state index is 0.337. The smallest absolute Gasteiger partial charge is 0.137 e. The summed E-state index contributed by atoms with van der Waals surface area (Å²) in [5, 5.41) is 9.17. The van der Waals surface area contributed by atoms with Crippen molar-refractivity contribution in [2.24, 2.45) is 0 Å². The van der Waals surface area contributed by atoms with Crippen LogP contribution in [0.15, 0.2) is 12.1 Å². The van der Waals surface area contributed by atoms with Crippen LogP contribution in [0.3, 0.4) is 0 Å². The Morgan fingerprint density at radius 3 is 2.73 bits per heavy atom. The van der Waals surface area contributed by atoms with Gasteiger partial charge in [0.25, 0.3) is 0 Å². The zero-order chi connectivity index (χ0) is 11.4. The van der Waals surface area contributed by atoms with Crippen molar-refractivity contribution in [2.75, 3.05) is 25.6 Å². The van der Waals surface area contributed by atoms with E-state index < -0.39 is 0 Å². The molecular formula is C11H13ClN2O. The van der Waals surface area contributed by atoms with Gasteiger partial charge in [0, 0.05) is 12.7 Å². The van der Waals surface area contributed by atoms with Gasteiger partial charge in [-0.2, -0.15) is 5.26 Å². The molecule has 0 aliphatic carbocycles. The van der Waals surface area contributed by atoms with Gasteiger partial charge in [0.2, 0.25) is 0 Å². The average molecular weight is 225 g/mol. The highest BCUT2D eigenvalue weighted by Gasteiger charge is 2.09. The molecule has 1 rings (SSSR count). The molecule has 0 unspecified atom stereocenters. The second kappa shape index (κ2) is 4.90. The lowest BCUT2D eigenvalue weighted by atomic mass is 10.1. The number of nitriles is 1. The summed E-state index contributed by atoms with van der Waals surface area (Å²) >= 11 is 6.01. The molecule has 0 fully saturated rings. The predicted molar refractivity (Wildman–Crippen MR) is 61.6 cm³/mol. The Balaban J connectivity index is 3.11. The SMILES string of the molecule is COc1cc(C)c(N(C)CC#N)cc1Cl. The summed E-state index contributed by atoms with van der Waals surface area (Å²) in [7, 11) is 3.44. The first-order valence-electron chi connectivity index (χ1n) is 4.52. The molecule has 0 saturated carbocycles. The van der Waals surface area contributed by atoms with Gasteiger partial charge >= 0.3 is 0 Å². The minimum Gasteiger partial charge on any atom is -0.495 e. The van der Waals surface area contributed by atoms with E-state index in [0.29, 0.717) is 17.3 Å². The first-order valence-corrected chi connectivity index (χ1v) is 4.90. The third kappa shape index (κ3) is 2.54. The van der Waals surface area contributed by atoms with E-state index in [0.717, 1.165) is 11.3 Å². The van der Waals surface area contributed by atoms with Gasteiger partial charge in [0.05, 0.1) is 18.2 Å². The molecule has 1 aromatic rings. The van der Waals surface area contributed by atoms with Crippen LogP contribution in [0, 0.1) is 18.3 Å². The quantitative estimate of drug-likeness (QED) is 0.741. The third-order valence-electron chi connectivity index (χ3n) is 2.19. The van der Waals surface area contributed by atoms with Gasteiger partial charge in [-0.25, -0.2) is 0 Å². The van der Waals surface area contributed by atoms with Crippen molar-refractivity contribution >= 4 is 17.3 Å². The Labute approximate surface area is 94.8 Å². The molecule has 0 heterocycles. The van der Waals surface area contributed by atoms with Gasteiger partial charge in [0.15, 0.2) is 0 Å². The van der Waals surface area contributed by atoms with Crippen LogP contribution in [0.25, 0.3) is 0 Å². The van der Waals surface area contributed by atoms with Crippen LogP contribution in [0.5, 0.6) is 5.75 Å². The number of anilines is 1. The molecule has 0 N–H and O–H groups in total. The van der Waals surface area contributed by atoms with Gasteiger partial charge in [-0.15, -0.1) is 0 Å². The maximum atomic E-state index is 8.61. The van der Waals surface area contributed by atoms with E-state index in [-0.39, 0.29) is 0 Å². The van der Waals surface area contributed by atoms with Crippen molar-refractivity contribution < 1.29 is 4.74 Å². The van der Waals surface area contributed by atoms with Crippen LogP contribution < -0.4 is 9.64 Å². The molecule has 0 aromatic heterocycles. The molecule has 0 atom stereocenters. The summed E-state index contributed by atoms with van der Waals surface area (Å²) in [6.45, 7) is 2.30. The zero-order valence-electron chi connectivity index (χ0n) is 9.04. The largest absolute Gasteiger partial charge is 0.495 e. The fraction of sp³-hybridized carbons (Fsp3) is 0.364. The fourth-order valence-corrected chi connectivity index (χ4v) is 1.64. The molecule has 15 heavy (non-hydrogen) atoms. The van der Waals surface area contributed by atoms with E-state index in [4.69, 9.17) is 21.6 Å². The number of rotatable bonds is 3. The molecule has 0 aliphatic heterocycles. The summed E-state index contributed by atoms with van der Waals surface area (Å²) in [4.78, 5) is 1.85. The highest BCUT2D eigenvalue weighted by atomic mass is 35.5. The summed E-state index contributed by atoms with van der Waals surface area (Å²) in [5.74, 6) is 0.656. The highest BCUT2D eigenvalue weighted by molar-refractivity contribution is 6.32. The number of hydrogen-bond donors (Lipinski definition) is 0. The summed E-state index contributed by atoms with van der Waals surface area (Å²) < 4.78 is 5.11. The molecule has 0 saturated heterocycles. The van der Waals surface area contributed by atoms with Crippen LogP contribution in [-0.4, -0.2) is 20.7 Å². The van der Waals surface area contributed by atoms with Crippen LogP contribution in [0.1, 0.15) is 5.56 Å². The zero-order valence-corrected chi connectivity index (χ0v) is 9.80. The van der Waals surface area contributed by atoms with Gasteiger partial charge in [0.1, 0.15) is 12.3 Å². The Hall–Kier alpha value is -1.40. The molecule has 1 aromatic carbocycles. The van der Waals surface area contributed by atoms with Crippen LogP contribution in [0.2, 0.25) is 5.02 Å². The minimum atomic E-state index is 0.337. The molecule has 80 valence electrons. The van der Waals surface area contributed by atoms with Crippen molar-refractivity contribution in [1.82, 2.24) is 0 Å². The second-order valence-corrected chi connectivity index (χ2v) is 3.69. The van der Waals surface area contributed by atoms with Crippen LogP contribution in [-0.2, 0) is 0 Å². The number of nitrogens with zero attached hydrogens (tertiary/aromatic N) is 2. The highest BCUT2D eigenvalue weighted by Crippen LogP contribution is 2.31. The van der Waals surface area contributed by atoms with Crippen molar-refractivity contribution in [3.63, 3.8) is 0 Å². The van der Waals surface area contributed by atoms with Crippen LogP contribution in [0.4, 0.5) is 5.69 Å². The standard InChI is InChI=1S/C11H13ClN2O/c1-8-6-11(15-3)9(12)7-10(8)14(2)5-4-13/h6-7H,5H2,1-3H3. The third-order valence-corrected chi connectivity index (χ3v) is 2.48. The van der Waals surface area contributed by atoms with E-state index >= 15 is 0 Å². The number of ether oxygens (including phenoxy) is 1. The molecule has 4 heteroatoms. The topological polar surface area (TPSA) is 36.3 Å². The number of methoxy groups -OCH3 is 1. The van der Waals surface area contributed by atoms with Gasteiger partial charge in [-0.05, 0) is 24.6 Å². The second-order valence-electron chi connectivity index (χ2n) is 3.29. The number of aryl methyl sites for hydroxylation is 1. The Morgan fingerprint density at radius 1 is 1.53 bits per heavy atom. The van der Waals surface area contributed by atoms with Crippen molar-refractivity contribution in [1.29, 1.82) is 5.26 Å². The van der Waals surface area contributed by atoms with Gasteiger partial charge < -0.3 is 9.64 Å². The maximum absolute atomic E-state index is 8.61. The van der Waals surface area contributed by atoms with E-state index in [2.05, 4.69) is 6.07 Å². The number of benzene rings is 1. The van der Waals surface area contributed by atoms with E-state index in [1.165, 1.54) is 0 Å². The van der Waals surface area contributed by atoms with Crippen molar-refractivity contribution in [3.05, 3.63) is 22.7 Å². The van der Waals surface area contributed by atoms with Crippen molar-refractivity contribution in [3.8, 4) is 11.8 Å². The van der Waals surface area contributed by atoms with Crippen molar-refractivity contribution in [2.45, 2.75) is 6.92 Å². The Morgan fingerprint density at radius 2 is 2.20 bits per heavy atom. The van der Waals surface area contributed by atoms with Gasteiger partial charge in [-0.1, -0.05) is 11.6 Å². The predicted octanol–water partition coefficient (Wildman–Crippen LogP) is 2.62. The van der Waals surface area contributed by atoms with E-state index in [9.17, 15) is 0 Å². The monoisotopic (exact) mass is 224 g/mol. The van der Waals surface area contributed by atoms with E-state index in [1.54, 1.807) is 7.11 Å². The molecule has 0 amide bonds. The fourth-order valence-electron chi connectivity index (χ4n) is 1.40. The molecule has 0 bridgehead atoms. The first kappa shape index (κ1) is 11.7. The van der Waals surface area contributed by atoms with Crippen LogP contribution >= 0.6 is 11.6 Å². The number of hydrogen-bond acceptors (Lipinski definition) is 3. The number of halogens is 1. The normalized spacial score (nSPS) is 9.53. The molecule has 0 aliphatic rings. The molecule has 0 radical (unpaired) electrons. The molecular weight excluding hydrogens is 212 g/mol.